The van der Waals surface area contributed by atoms with Crippen molar-refractivity contribution < 1.29 is 4.79 Å². The van der Waals surface area contributed by atoms with Crippen LogP contribution in [0.4, 0.5) is 11.5 Å². The van der Waals surface area contributed by atoms with E-state index in [1.165, 1.54) is 10.1 Å². The zero-order valence-electron chi connectivity index (χ0n) is 15.9. The van der Waals surface area contributed by atoms with E-state index in [1.54, 1.807) is 11.5 Å². The molecule has 1 saturated heterocycles. The monoisotopic (exact) mass is 448 g/mol. The molecule has 0 spiro atoms. The van der Waals surface area contributed by atoms with Crippen LogP contribution in [0.1, 0.15) is 11.1 Å². The number of anilines is 2. The molecule has 2 aliphatic heterocycles. The van der Waals surface area contributed by atoms with E-state index in [9.17, 15) is 4.79 Å². The van der Waals surface area contributed by atoms with E-state index in [4.69, 9.17) is 11.6 Å². The SMILES string of the molecule is Cl.O=C1Cc2c(ccc(CCN3CCN(c4nsc5ccccc45)CC3)c2Cl)N1. The Kier molecular flexibility index (Phi) is 5.97. The number of hydrogen-bond donors (Lipinski definition) is 1. The topological polar surface area (TPSA) is 48.5 Å². The summed E-state index contributed by atoms with van der Waals surface area (Å²) in [5, 5.41) is 4.87. The predicted molar refractivity (Wildman–Crippen MR) is 123 cm³/mol. The molecule has 0 aliphatic carbocycles. The molecule has 8 heteroatoms. The van der Waals surface area contributed by atoms with Gasteiger partial charge in [0.2, 0.25) is 5.91 Å². The average molecular weight is 449 g/mol. The van der Waals surface area contributed by atoms with Crippen molar-refractivity contribution in [2.75, 3.05) is 42.9 Å². The molecule has 2 aromatic carbocycles. The van der Waals surface area contributed by atoms with E-state index in [2.05, 4.69) is 43.8 Å². The maximum atomic E-state index is 11.6. The third-order valence-corrected chi connectivity index (χ3v) is 6.95. The average Bonchev–Trinajstić information content (AvgIpc) is 3.31. The number of piperazine rings is 1. The number of nitrogens with zero attached hydrogens (tertiary/aromatic N) is 3. The van der Waals surface area contributed by atoms with Gasteiger partial charge in [0.05, 0.1) is 11.1 Å². The number of aromatic nitrogens is 1. The van der Waals surface area contributed by atoms with Crippen LogP contribution in [0.3, 0.4) is 0 Å². The van der Waals surface area contributed by atoms with Crippen LogP contribution in [0.5, 0.6) is 0 Å². The van der Waals surface area contributed by atoms with Gasteiger partial charge in [-0.15, -0.1) is 12.4 Å². The molecule has 29 heavy (non-hydrogen) atoms. The predicted octanol–water partition coefficient (Wildman–Crippen LogP) is 4.23. The standard InChI is InChI=1S/C21H21ClN4OS.ClH/c22-20-14(5-6-17-16(20)13-19(27)23-17)7-8-25-9-11-26(12-10-25)21-15-3-1-2-4-18(15)28-24-21;/h1-6H,7-13H2,(H,23,27);1H. The lowest BCUT2D eigenvalue weighted by Gasteiger charge is -2.35. The van der Waals surface area contributed by atoms with Crippen molar-refractivity contribution in [2.24, 2.45) is 0 Å². The van der Waals surface area contributed by atoms with E-state index in [0.717, 1.165) is 66.8 Å². The highest BCUT2D eigenvalue weighted by atomic mass is 35.5. The second-order valence-corrected chi connectivity index (χ2v) is 8.55. The van der Waals surface area contributed by atoms with Crippen molar-refractivity contribution in [1.29, 1.82) is 0 Å². The highest BCUT2D eigenvalue weighted by molar-refractivity contribution is 7.13. The molecule has 0 radical (unpaired) electrons. The molecule has 0 unspecified atom stereocenters. The normalized spacial score (nSPS) is 16.6. The molecule has 5 nitrogen and oxygen atoms in total. The van der Waals surface area contributed by atoms with E-state index in [0.29, 0.717) is 6.42 Å². The summed E-state index contributed by atoms with van der Waals surface area (Å²) in [6.07, 6.45) is 1.29. The van der Waals surface area contributed by atoms with Crippen molar-refractivity contribution in [1.82, 2.24) is 9.27 Å². The molecule has 0 bridgehead atoms. The molecular weight excluding hydrogens is 427 g/mol. The van der Waals surface area contributed by atoms with Crippen LogP contribution >= 0.6 is 35.5 Å². The summed E-state index contributed by atoms with van der Waals surface area (Å²) in [7, 11) is 0. The van der Waals surface area contributed by atoms with Crippen LogP contribution < -0.4 is 10.2 Å². The van der Waals surface area contributed by atoms with Crippen LogP contribution in [-0.4, -0.2) is 47.9 Å². The molecule has 3 aromatic rings. The van der Waals surface area contributed by atoms with Gasteiger partial charge in [-0.2, -0.15) is 4.37 Å². The smallest absolute Gasteiger partial charge is 0.228 e. The number of carbonyl (C=O) groups excluding carboxylic acids is 1. The summed E-state index contributed by atoms with van der Waals surface area (Å²) < 4.78 is 5.94. The molecule has 5 rings (SSSR count). The summed E-state index contributed by atoms with van der Waals surface area (Å²) in [6, 6.07) is 12.5. The number of nitrogens with one attached hydrogen (secondary N) is 1. The van der Waals surface area contributed by atoms with Gasteiger partial charge in [-0.25, -0.2) is 0 Å². The van der Waals surface area contributed by atoms with Gasteiger partial charge < -0.3 is 10.2 Å². The maximum absolute atomic E-state index is 11.6. The van der Waals surface area contributed by atoms with Crippen molar-refractivity contribution in [3.05, 3.63) is 52.5 Å². The van der Waals surface area contributed by atoms with E-state index in [-0.39, 0.29) is 18.3 Å². The Morgan fingerprint density at radius 2 is 1.90 bits per heavy atom. The lowest BCUT2D eigenvalue weighted by Crippen LogP contribution is -2.47. The van der Waals surface area contributed by atoms with Gasteiger partial charge in [0.1, 0.15) is 5.82 Å². The van der Waals surface area contributed by atoms with E-state index < -0.39 is 0 Å². The lowest BCUT2D eigenvalue weighted by molar-refractivity contribution is -0.115. The number of amides is 1. The van der Waals surface area contributed by atoms with E-state index >= 15 is 0 Å². The Hall–Kier alpha value is -1.86. The summed E-state index contributed by atoms with van der Waals surface area (Å²) >= 11 is 8.14. The molecule has 1 amide bonds. The Labute approximate surface area is 185 Å². The van der Waals surface area contributed by atoms with Gasteiger partial charge in [-0.05, 0) is 41.7 Å². The number of carbonyl (C=O) groups is 1. The second kappa shape index (κ2) is 8.48. The molecule has 1 N–H and O–H groups in total. The van der Waals surface area contributed by atoms with Crippen molar-refractivity contribution in [3.63, 3.8) is 0 Å². The minimum absolute atomic E-state index is 0. The first-order valence-corrected chi connectivity index (χ1v) is 10.8. The summed E-state index contributed by atoms with van der Waals surface area (Å²) in [5.74, 6) is 1.15. The van der Waals surface area contributed by atoms with Crippen LogP contribution in [0, 0.1) is 0 Å². The van der Waals surface area contributed by atoms with Crippen LogP contribution in [0.25, 0.3) is 10.1 Å². The molecule has 1 aromatic heterocycles. The zero-order chi connectivity index (χ0) is 19.1. The number of rotatable bonds is 4. The fourth-order valence-corrected chi connectivity index (χ4v) is 5.19. The minimum atomic E-state index is 0. The third-order valence-electron chi connectivity index (χ3n) is 5.66. The molecule has 2 aliphatic rings. The second-order valence-electron chi connectivity index (χ2n) is 7.37. The largest absolute Gasteiger partial charge is 0.353 e. The molecule has 152 valence electrons. The molecular formula is C21H22Cl2N4OS. The van der Waals surface area contributed by atoms with Crippen molar-refractivity contribution in [2.45, 2.75) is 12.8 Å². The summed E-state index contributed by atoms with van der Waals surface area (Å²) in [5.41, 5.74) is 2.94. The van der Waals surface area contributed by atoms with Crippen molar-refractivity contribution >= 4 is 63.0 Å². The molecule has 0 atom stereocenters. The van der Waals surface area contributed by atoms with E-state index in [1.807, 2.05) is 12.1 Å². The Morgan fingerprint density at radius 3 is 2.72 bits per heavy atom. The maximum Gasteiger partial charge on any atom is 0.228 e. The first-order chi connectivity index (χ1) is 13.7. The van der Waals surface area contributed by atoms with Crippen LogP contribution in [0.15, 0.2) is 36.4 Å². The molecule has 3 heterocycles. The minimum Gasteiger partial charge on any atom is -0.353 e. The zero-order valence-corrected chi connectivity index (χ0v) is 18.2. The first kappa shape index (κ1) is 20.4. The summed E-state index contributed by atoms with van der Waals surface area (Å²) in [6.45, 7) is 5.00. The number of benzene rings is 2. The van der Waals surface area contributed by atoms with Crippen LogP contribution in [0.2, 0.25) is 5.02 Å². The van der Waals surface area contributed by atoms with Gasteiger partial charge in [0.15, 0.2) is 0 Å². The third kappa shape index (κ3) is 3.94. The van der Waals surface area contributed by atoms with Crippen molar-refractivity contribution in [3.8, 4) is 0 Å². The Balaban J connectivity index is 0.00000205. The Morgan fingerprint density at radius 1 is 1.10 bits per heavy atom. The number of halogens is 2. The number of fused-ring (bicyclic) bond motifs is 2. The van der Waals surface area contributed by atoms with Gasteiger partial charge in [-0.1, -0.05) is 29.8 Å². The molecule has 1 fully saturated rings. The number of hydrogen-bond acceptors (Lipinski definition) is 5. The van der Waals surface area contributed by atoms with Gasteiger partial charge >= 0.3 is 0 Å². The van der Waals surface area contributed by atoms with Gasteiger partial charge in [0.25, 0.3) is 0 Å². The van der Waals surface area contributed by atoms with Crippen LogP contribution in [-0.2, 0) is 17.6 Å². The first-order valence-electron chi connectivity index (χ1n) is 9.61. The van der Waals surface area contributed by atoms with Gasteiger partial charge in [0, 0.05) is 54.4 Å². The summed E-state index contributed by atoms with van der Waals surface area (Å²) in [4.78, 5) is 16.5. The highest BCUT2D eigenvalue weighted by Crippen LogP contribution is 2.33. The van der Waals surface area contributed by atoms with Gasteiger partial charge in [-0.3, -0.25) is 9.69 Å². The Bertz CT molecular complexity index is 1050. The quantitative estimate of drug-likeness (QED) is 0.648. The highest BCUT2D eigenvalue weighted by Gasteiger charge is 2.23. The lowest BCUT2D eigenvalue weighted by atomic mass is 10.1. The fraction of sp³-hybridized carbons (Fsp3) is 0.333. The fourth-order valence-electron chi connectivity index (χ4n) is 4.07. The molecule has 0 saturated carbocycles.